The van der Waals surface area contributed by atoms with Gasteiger partial charge in [-0.2, -0.15) is 5.26 Å². The van der Waals surface area contributed by atoms with E-state index in [1.807, 2.05) is 33.8 Å². The van der Waals surface area contributed by atoms with Gasteiger partial charge in [0.15, 0.2) is 11.6 Å². The third kappa shape index (κ3) is 5.07. The van der Waals surface area contributed by atoms with Gasteiger partial charge >= 0.3 is 0 Å². The fraction of sp³-hybridized carbons (Fsp3) is 0.917. The lowest BCUT2D eigenvalue weighted by atomic mass is 9.95. The van der Waals surface area contributed by atoms with Crippen LogP contribution in [-0.4, -0.2) is 109 Å². The summed E-state index contributed by atoms with van der Waals surface area (Å²) in [5, 5.41) is 12.5. The van der Waals surface area contributed by atoms with Crippen molar-refractivity contribution in [1.29, 1.82) is 5.26 Å². The largest absolute Gasteiger partial charge is 0.343 e. The Balaban J connectivity index is 1.14. The first-order valence-corrected chi connectivity index (χ1v) is 12.7. The van der Waals surface area contributed by atoms with E-state index in [1.54, 1.807) is 0 Å². The van der Waals surface area contributed by atoms with E-state index in [0.717, 1.165) is 25.9 Å². The van der Waals surface area contributed by atoms with Gasteiger partial charge in [0.2, 0.25) is 11.7 Å². The predicted octanol–water partition coefficient (Wildman–Crippen LogP) is 0.901. The van der Waals surface area contributed by atoms with Gasteiger partial charge in [0, 0.05) is 12.5 Å². The minimum Gasteiger partial charge on any atom is -0.343 e. The van der Waals surface area contributed by atoms with Gasteiger partial charge in [0.25, 0.3) is 0 Å². The van der Waals surface area contributed by atoms with Crippen molar-refractivity contribution in [3.8, 4) is 6.07 Å². The number of amides is 1. The Labute approximate surface area is 205 Å². The summed E-state index contributed by atoms with van der Waals surface area (Å²) in [5.41, 5.74) is 0. The van der Waals surface area contributed by atoms with Crippen LogP contribution in [0.1, 0.15) is 47.0 Å². The summed E-state index contributed by atoms with van der Waals surface area (Å²) in [6.45, 7) is 10.2. The van der Waals surface area contributed by atoms with Crippen molar-refractivity contribution >= 4 is 5.91 Å². The summed E-state index contributed by atoms with van der Waals surface area (Å²) in [5.74, 6) is -2.65. The topological polar surface area (TPSA) is 106 Å². The number of nitrogens with one attached hydrogen (secondary N) is 1. The van der Waals surface area contributed by atoms with E-state index in [4.69, 9.17) is 23.7 Å². The number of likely N-dealkylation sites (tertiary alicyclic amines) is 2. The molecule has 5 aliphatic rings. The average molecular weight is 497 g/mol. The van der Waals surface area contributed by atoms with Crippen LogP contribution in [0.4, 0.5) is 4.39 Å². The molecule has 1 N–H and O–H groups in total. The van der Waals surface area contributed by atoms with Crippen LogP contribution in [0.25, 0.3) is 0 Å². The Kier molecular flexibility index (Phi) is 6.62. The first kappa shape index (κ1) is 25.3. The molecule has 11 heteroatoms. The van der Waals surface area contributed by atoms with Gasteiger partial charge < -0.3 is 33.9 Å². The van der Waals surface area contributed by atoms with Crippen molar-refractivity contribution in [2.45, 2.75) is 101 Å². The molecule has 0 bridgehead atoms. The summed E-state index contributed by atoms with van der Waals surface area (Å²) < 4.78 is 44.8. The quantitative estimate of drug-likeness (QED) is 0.594. The number of hydrogen-bond acceptors (Lipinski definition) is 9. The zero-order chi connectivity index (χ0) is 25.0. The van der Waals surface area contributed by atoms with Gasteiger partial charge in [-0.15, -0.1) is 0 Å². The molecule has 0 radical (unpaired) electrons. The van der Waals surface area contributed by atoms with E-state index >= 15 is 0 Å². The number of rotatable bonds is 5. The Hall–Kier alpha value is -1.39. The number of nitrogens with zero attached hydrogens (tertiary/aromatic N) is 3. The second-order valence-corrected chi connectivity index (χ2v) is 11.3. The summed E-state index contributed by atoms with van der Waals surface area (Å²) >= 11 is 0. The Morgan fingerprint density at radius 2 is 1.89 bits per heavy atom. The highest BCUT2D eigenvalue weighted by atomic mass is 19.1. The molecule has 0 spiro atoms. The van der Waals surface area contributed by atoms with E-state index in [1.165, 1.54) is 4.90 Å². The van der Waals surface area contributed by atoms with Crippen molar-refractivity contribution in [3.63, 3.8) is 0 Å². The van der Waals surface area contributed by atoms with Crippen LogP contribution in [0.3, 0.4) is 0 Å². The number of nitriles is 1. The fourth-order valence-electron chi connectivity index (χ4n) is 6.09. The van der Waals surface area contributed by atoms with Crippen LogP contribution in [-0.2, 0) is 28.5 Å². The molecule has 0 aliphatic carbocycles. The molecule has 0 saturated carbocycles. The molecule has 1 amide bonds. The number of ether oxygens (including phenoxy) is 5. The summed E-state index contributed by atoms with van der Waals surface area (Å²) in [7, 11) is 0. The number of hydrogen-bond donors (Lipinski definition) is 1. The number of piperidine rings is 1. The first-order valence-electron chi connectivity index (χ1n) is 12.7. The van der Waals surface area contributed by atoms with Crippen molar-refractivity contribution in [2.75, 3.05) is 39.3 Å². The maximum Gasteiger partial charge on any atom is 0.237 e. The molecule has 0 unspecified atom stereocenters. The Morgan fingerprint density at radius 1 is 1.14 bits per heavy atom. The highest BCUT2D eigenvalue weighted by Gasteiger charge is 2.65. The number of carbonyl (C=O) groups excluding carboxylic acids is 1. The number of alkyl halides is 1. The van der Waals surface area contributed by atoms with Crippen LogP contribution in [0, 0.1) is 11.3 Å². The second-order valence-electron chi connectivity index (χ2n) is 11.3. The van der Waals surface area contributed by atoms with Crippen molar-refractivity contribution in [1.82, 2.24) is 15.1 Å². The van der Waals surface area contributed by atoms with Crippen LogP contribution in [0.2, 0.25) is 0 Å². The van der Waals surface area contributed by atoms with Gasteiger partial charge in [-0.25, -0.2) is 4.39 Å². The summed E-state index contributed by atoms with van der Waals surface area (Å²) in [6.07, 6.45) is -0.181. The van der Waals surface area contributed by atoms with Gasteiger partial charge in [0.05, 0.1) is 32.3 Å². The molecule has 6 atom stereocenters. The smallest absolute Gasteiger partial charge is 0.237 e. The predicted molar refractivity (Wildman–Crippen MR) is 121 cm³/mol. The molecule has 5 fully saturated rings. The standard InChI is InChI=1S/C24H37FN4O6/c1-22(2)32-18-13-31-24(21(20(18)33-22)34-23(3,4)35-24)14-28-7-5-16(6-8-28)27-11-19(30)29-12-15(25)9-17(29)10-26/h15-18,20-21,27H,5-9,11-14H2,1-4H3/t15-,17-,18+,20+,21-,24-/m0/s1. The monoisotopic (exact) mass is 496 g/mol. The number of fused-ring (bicyclic) bond motifs is 3. The van der Waals surface area contributed by atoms with E-state index in [0.29, 0.717) is 13.2 Å². The van der Waals surface area contributed by atoms with Gasteiger partial charge in [-0.05, 0) is 53.6 Å². The molecule has 35 heavy (non-hydrogen) atoms. The Morgan fingerprint density at radius 3 is 2.60 bits per heavy atom. The van der Waals surface area contributed by atoms with Crippen LogP contribution >= 0.6 is 0 Å². The highest BCUT2D eigenvalue weighted by molar-refractivity contribution is 5.79. The molecule has 5 aliphatic heterocycles. The minimum absolute atomic E-state index is 0.00659. The van der Waals surface area contributed by atoms with E-state index in [2.05, 4.69) is 10.2 Å². The molecule has 0 aromatic rings. The zero-order valence-corrected chi connectivity index (χ0v) is 21.0. The molecule has 0 aromatic heterocycles. The maximum atomic E-state index is 13.6. The molecule has 5 saturated heterocycles. The Bertz CT molecular complexity index is 859. The molecule has 5 heterocycles. The van der Waals surface area contributed by atoms with E-state index in [-0.39, 0.29) is 43.7 Å². The minimum atomic E-state index is -1.12. The zero-order valence-electron chi connectivity index (χ0n) is 21.0. The lowest BCUT2D eigenvalue weighted by Gasteiger charge is -2.44. The molecule has 10 nitrogen and oxygen atoms in total. The summed E-state index contributed by atoms with van der Waals surface area (Å²) in [4.78, 5) is 16.2. The van der Waals surface area contributed by atoms with Crippen LogP contribution < -0.4 is 5.32 Å². The lowest BCUT2D eigenvalue weighted by molar-refractivity contribution is -0.287. The van der Waals surface area contributed by atoms with Crippen molar-refractivity contribution in [2.24, 2.45) is 0 Å². The SMILES string of the molecule is CC1(C)O[C@@H]2[C@@H](CO[C@@]3(CN4CCC(NCC(=O)N5C[C@@H](F)C[C@H]5C#N)CC4)OC(C)(C)O[C@@H]23)O1. The molecule has 196 valence electrons. The third-order valence-electron chi connectivity index (χ3n) is 7.57. The lowest BCUT2D eigenvalue weighted by Crippen LogP contribution is -2.63. The van der Waals surface area contributed by atoms with Gasteiger partial charge in [-0.1, -0.05) is 0 Å². The normalized spacial score (nSPS) is 40.9. The number of carbonyl (C=O) groups is 1. The molecule has 0 aromatic carbocycles. The van der Waals surface area contributed by atoms with Gasteiger partial charge in [0.1, 0.15) is 30.5 Å². The van der Waals surface area contributed by atoms with Crippen LogP contribution in [0.5, 0.6) is 0 Å². The first-order chi connectivity index (χ1) is 16.5. The van der Waals surface area contributed by atoms with Crippen LogP contribution in [0.15, 0.2) is 0 Å². The fourth-order valence-corrected chi connectivity index (χ4v) is 6.09. The second kappa shape index (κ2) is 9.17. The van der Waals surface area contributed by atoms with Gasteiger partial charge in [-0.3, -0.25) is 9.69 Å². The third-order valence-corrected chi connectivity index (χ3v) is 7.57. The molecular weight excluding hydrogens is 459 g/mol. The van der Waals surface area contributed by atoms with E-state index in [9.17, 15) is 14.4 Å². The maximum absolute atomic E-state index is 13.6. The number of halogens is 1. The van der Waals surface area contributed by atoms with Crippen molar-refractivity contribution in [3.05, 3.63) is 0 Å². The molecular formula is C24H37FN4O6. The van der Waals surface area contributed by atoms with Crippen molar-refractivity contribution < 1.29 is 32.9 Å². The van der Waals surface area contributed by atoms with E-state index < -0.39 is 35.7 Å². The summed E-state index contributed by atoms with van der Waals surface area (Å²) in [6, 6.07) is 1.54. The highest BCUT2D eigenvalue weighted by Crippen LogP contribution is 2.47. The molecule has 5 rings (SSSR count). The average Bonchev–Trinajstić information content (AvgIpc) is 3.41.